The second-order valence-corrected chi connectivity index (χ2v) is 5.46. The normalized spacial score (nSPS) is 21.5. The zero-order valence-corrected chi connectivity index (χ0v) is 11.8. The summed E-state index contributed by atoms with van der Waals surface area (Å²) in [6, 6.07) is 0.136. The Balaban J connectivity index is 2.11. The van der Waals surface area contributed by atoms with Crippen molar-refractivity contribution in [2.45, 2.75) is 13.3 Å². The van der Waals surface area contributed by atoms with E-state index < -0.39 is 41.1 Å². The second-order valence-electron chi connectivity index (χ2n) is 5.46. The highest BCUT2D eigenvalue weighted by molar-refractivity contribution is 5.90. The van der Waals surface area contributed by atoms with Gasteiger partial charge in [0.15, 0.2) is 11.6 Å². The van der Waals surface area contributed by atoms with Crippen LogP contribution in [-0.4, -0.2) is 35.1 Å². The average Bonchev–Trinajstić information content (AvgIpc) is 2.43. The molecule has 2 N–H and O–H groups in total. The molecule has 1 aliphatic rings. The highest BCUT2D eigenvalue weighted by atomic mass is 19.2. The van der Waals surface area contributed by atoms with Crippen LogP contribution < -0.4 is 5.32 Å². The minimum atomic E-state index is -1.35. The summed E-state index contributed by atoms with van der Waals surface area (Å²) in [5.41, 5.74) is -0.492. The van der Waals surface area contributed by atoms with E-state index >= 15 is 0 Å². The molecule has 2 unspecified atom stereocenters. The van der Waals surface area contributed by atoms with Gasteiger partial charge in [0, 0.05) is 25.2 Å². The summed E-state index contributed by atoms with van der Waals surface area (Å²) in [6.07, 6.45) is 0.443. The lowest BCUT2D eigenvalue weighted by Gasteiger charge is -2.34. The van der Waals surface area contributed by atoms with E-state index in [1.807, 2.05) is 0 Å². The molecule has 0 bridgehead atoms. The number of carboxylic acid groups (broad SMARTS) is 1. The zero-order valence-electron chi connectivity index (χ0n) is 11.8. The van der Waals surface area contributed by atoms with Crippen molar-refractivity contribution in [3.63, 3.8) is 0 Å². The quantitative estimate of drug-likeness (QED) is 0.824. The predicted molar refractivity (Wildman–Crippen MR) is 71.8 cm³/mol. The highest BCUT2D eigenvalue weighted by Gasteiger charge is 2.32. The summed E-state index contributed by atoms with van der Waals surface area (Å²) in [6.45, 7) is 2.09. The number of amides is 2. The van der Waals surface area contributed by atoms with Crippen molar-refractivity contribution in [1.82, 2.24) is 4.90 Å². The summed E-state index contributed by atoms with van der Waals surface area (Å²) < 4.78 is 39.4. The van der Waals surface area contributed by atoms with Gasteiger partial charge in [0.1, 0.15) is 5.82 Å². The van der Waals surface area contributed by atoms with E-state index in [1.54, 1.807) is 6.92 Å². The number of piperidine rings is 1. The Hall–Kier alpha value is -2.25. The van der Waals surface area contributed by atoms with Crippen LogP contribution in [0.25, 0.3) is 0 Å². The van der Waals surface area contributed by atoms with Crippen molar-refractivity contribution in [3.8, 4) is 0 Å². The molecule has 8 heteroatoms. The number of rotatable bonds is 2. The molecule has 1 heterocycles. The molecule has 2 amide bonds. The standard InChI is InChI=1S/C14H15F3N2O3/c1-7-2-8(13(20)21)6-19(5-7)14(22)18-12-4-10(16)9(15)3-11(12)17/h3-4,7-8H,2,5-6H2,1H3,(H,18,22)(H,20,21). The zero-order chi connectivity index (χ0) is 16.4. The largest absolute Gasteiger partial charge is 0.481 e. The first-order valence-corrected chi connectivity index (χ1v) is 6.71. The van der Waals surface area contributed by atoms with Crippen molar-refractivity contribution in [1.29, 1.82) is 0 Å². The SMILES string of the molecule is CC1CC(C(=O)O)CN(C(=O)Nc2cc(F)c(F)cc2F)C1. The van der Waals surface area contributed by atoms with Gasteiger partial charge in [0.25, 0.3) is 0 Å². The number of benzene rings is 1. The third kappa shape index (κ3) is 3.49. The fraction of sp³-hybridized carbons (Fsp3) is 0.429. The summed E-state index contributed by atoms with van der Waals surface area (Å²) in [7, 11) is 0. The molecule has 2 atom stereocenters. The molecule has 22 heavy (non-hydrogen) atoms. The Kier molecular flexibility index (Phi) is 4.58. The molecule has 1 aliphatic heterocycles. The maximum Gasteiger partial charge on any atom is 0.321 e. The van der Waals surface area contributed by atoms with Crippen molar-refractivity contribution < 1.29 is 27.9 Å². The van der Waals surface area contributed by atoms with E-state index in [2.05, 4.69) is 5.32 Å². The topological polar surface area (TPSA) is 69.6 Å². The molecule has 5 nitrogen and oxygen atoms in total. The fourth-order valence-corrected chi connectivity index (χ4v) is 2.51. The first-order chi connectivity index (χ1) is 10.3. The van der Waals surface area contributed by atoms with Crippen molar-refractivity contribution in [2.24, 2.45) is 11.8 Å². The van der Waals surface area contributed by atoms with Gasteiger partial charge in [-0.15, -0.1) is 0 Å². The molecule has 0 spiro atoms. The van der Waals surface area contributed by atoms with Gasteiger partial charge in [0.05, 0.1) is 11.6 Å². The van der Waals surface area contributed by atoms with Gasteiger partial charge >= 0.3 is 12.0 Å². The van der Waals surface area contributed by atoms with E-state index in [0.29, 0.717) is 25.1 Å². The van der Waals surface area contributed by atoms with E-state index in [0.717, 1.165) is 0 Å². The van der Waals surface area contributed by atoms with Gasteiger partial charge in [0.2, 0.25) is 0 Å². The number of nitrogens with zero attached hydrogens (tertiary/aromatic N) is 1. The maximum atomic E-state index is 13.5. The van der Waals surface area contributed by atoms with Gasteiger partial charge < -0.3 is 15.3 Å². The summed E-state index contributed by atoms with van der Waals surface area (Å²) >= 11 is 0. The van der Waals surface area contributed by atoms with Crippen LogP contribution in [0.5, 0.6) is 0 Å². The predicted octanol–water partition coefficient (Wildman–Crippen LogP) is 2.68. The van der Waals surface area contributed by atoms with Gasteiger partial charge in [-0.1, -0.05) is 6.92 Å². The van der Waals surface area contributed by atoms with Gasteiger partial charge in [-0.2, -0.15) is 0 Å². The van der Waals surface area contributed by atoms with Crippen molar-refractivity contribution in [2.75, 3.05) is 18.4 Å². The molecule has 120 valence electrons. The number of anilines is 1. The van der Waals surface area contributed by atoms with E-state index in [1.165, 1.54) is 4.90 Å². The van der Waals surface area contributed by atoms with Crippen LogP contribution >= 0.6 is 0 Å². The number of aliphatic carboxylic acids is 1. The smallest absolute Gasteiger partial charge is 0.321 e. The molecule has 0 aromatic heterocycles. The van der Waals surface area contributed by atoms with E-state index in [9.17, 15) is 22.8 Å². The lowest BCUT2D eigenvalue weighted by Crippen LogP contribution is -2.47. The Bertz CT molecular complexity index is 609. The molecule has 0 radical (unpaired) electrons. The Morgan fingerprint density at radius 3 is 2.45 bits per heavy atom. The number of halogens is 3. The average molecular weight is 316 g/mol. The summed E-state index contributed by atoms with van der Waals surface area (Å²) in [5, 5.41) is 11.2. The van der Waals surface area contributed by atoms with E-state index in [-0.39, 0.29) is 12.5 Å². The van der Waals surface area contributed by atoms with Crippen LogP contribution in [0, 0.1) is 29.3 Å². The number of urea groups is 1. The number of carboxylic acids is 1. The minimum absolute atomic E-state index is 0.0171. The Morgan fingerprint density at radius 2 is 1.82 bits per heavy atom. The summed E-state index contributed by atoms with van der Waals surface area (Å²) in [5.74, 6) is -5.49. The van der Waals surface area contributed by atoms with Crippen molar-refractivity contribution >= 4 is 17.7 Å². The molecular formula is C14H15F3N2O3. The number of likely N-dealkylation sites (tertiary alicyclic amines) is 1. The molecule has 1 saturated heterocycles. The van der Waals surface area contributed by atoms with Crippen LogP contribution in [0.1, 0.15) is 13.3 Å². The maximum absolute atomic E-state index is 13.5. The molecule has 1 fully saturated rings. The van der Waals surface area contributed by atoms with Crippen LogP contribution in [0.15, 0.2) is 12.1 Å². The lowest BCUT2D eigenvalue weighted by molar-refractivity contribution is -0.143. The molecule has 0 saturated carbocycles. The second kappa shape index (κ2) is 6.25. The Labute approximate surface area is 124 Å². The first kappa shape index (κ1) is 16.1. The number of hydrogen-bond acceptors (Lipinski definition) is 2. The molecular weight excluding hydrogens is 301 g/mol. The van der Waals surface area contributed by atoms with Gasteiger partial charge in [-0.05, 0) is 12.3 Å². The molecule has 1 aromatic rings. The molecule has 0 aliphatic carbocycles. The third-order valence-electron chi connectivity index (χ3n) is 3.55. The van der Waals surface area contributed by atoms with Crippen LogP contribution in [0.2, 0.25) is 0 Å². The van der Waals surface area contributed by atoms with Crippen LogP contribution in [0.3, 0.4) is 0 Å². The molecule has 2 rings (SSSR count). The van der Waals surface area contributed by atoms with Crippen LogP contribution in [-0.2, 0) is 4.79 Å². The minimum Gasteiger partial charge on any atom is -0.481 e. The number of nitrogens with one attached hydrogen (secondary N) is 1. The Morgan fingerprint density at radius 1 is 1.18 bits per heavy atom. The van der Waals surface area contributed by atoms with Crippen LogP contribution in [0.4, 0.5) is 23.7 Å². The number of carbonyl (C=O) groups excluding carboxylic acids is 1. The third-order valence-corrected chi connectivity index (χ3v) is 3.55. The number of hydrogen-bond donors (Lipinski definition) is 2. The first-order valence-electron chi connectivity index (χ1n) is 6.71. The van der Waals surface area contributed by atoms with Gasteiger partial charge in [-0.25, -0.2) is 18.0 Å². The van der Waals surface area contributed by atoms with Crippen molar-refractivity contribution in [3.05, 3.63) is 29.6 Å². The van der Waals surface area contributed by atoms with Gasteiger partial charge in [-0.3, -0.25) is 4.79 Å². The summed E-state index contributed by atoms with van der Waals surface area (Å²) in [4.78, 5) is 24.4. The molecule has 1 aromatic carbocycles. The van der Waals surface area contributed by atoms with E-state index in [4.69, 9.17) is 5.11 Å². The lowest BCUT2D eigenvalue weighted by atomic mass is 9.91. The number of carbonyl (C=O) groups is 2. The fourth-order valence-electron chi connectivity index (χ4n) is 2.51. The monoisotopic (exact) mass is 316 g/mol. The highest BCUT2D eigenvalue weighted by Crippen LogP contribution is 2.24.